The highest BCUT2D eigenvalue weighted by Crippen LogP contribution is 2.45. The van der Waals surface area contributed by atoms with Crippen LogP contribution in [-0.4, -0.2) is 74.2 Å². The van der Waals surface area contributed by atoms with Crippen molar-refractivity contribution in [2.24, 2.45) is 0 Å². The Balaban J connectivity index is 1.77. The number of nitrogens with zero attached hydrogens (tertiary/aromatic N) is 4. The SMILES string of the molecule is C[C@@H]1CN(c2nc(=O)[nH]c3c(SCC(CO)c4ccccn4)c(Cl)c(C(F)(F)F)cc23)C[C@H](C)N1C(=O)OC(C)(C)C. The molecule has 3 aromatic rings. The molecule has 1 aromatic carbocycles. The molecule has 1 amide bonds. The Morgan fingerprint density at radius 2 is 1.90 bits per heavy atom. The van der Waals surface area contributed by atoms with Gasteiger partial charge in [-0.25, -0.2) is 9.59 Å². The molecule has 4 rings (SSSR count). The van der Waals surface area contributed by atoms with Gasteiger partial charge >= 0.3 is 18.0 Å². The third-order valence-corrected chi connectivity index (χ3v) is 8.56. The minimum atomic E-state index is -4.79. The van der Waals surface area contributed by atoms with Crippen molar-refractivity contribution in [3.05, 3.63) is 57.2 Å². The number of nitrogens with one attached hydrogen (secondary N) is 1. The number of aromatic amines is 1. The highest BCUT2D eigenvalue weighted by atomic mass is 35.5. The second-order valence-corrected chi connectivity index (χ2v) is 12.7. The zero-order valence-electron chi connectivity index (χ0n) is 23.8. The van der Waals surface area contributed by atoms with Crippen LogP contribution < -0.4 is 10.6 Å². The summed E-state index contributed by atoms with van der Waals surface area (Å²) in [6.07, 6.45) is -3.72. The number of aliphatic hydroxyl groups is 1. The summed E-state index contributed by atoms with van der Waals surface area (Å²) in [7, 11) is 0. The van der Waals surface area contributed by atoms with E-state index < -0.39 is 52.1 Å². The summed E-state index contributed by atoms with van der Waals surface area (Å²) in [5.74, 6) is -0.289. The standard InChI is InChI=1S/C28H33ClF3N5O4S/c1-15-11-36(12-16(2)37(15)26(40)41-27(3,4)5)24-18-10-19(28(30,31)32)21(29)23(22(18)34-25(39)35-24)42-14-17(13-38)20-8-6-7-9-33-20/h6-10,15-17,38H,11-14H2,1-5H3,(H,34,35,39)/t15-,16+,17?. The first-order valence-corrected chi connectivity index (χ1v) is 14.7. The van der Waals surface area contributed by atoms with Crippen molar-refractivity contribution in [2.75, 3.05) is 30.3 Å². The lowest BCUT2D eigenvalue weighted by Crippen LogP contribution is -2.59. The number of piperazine rings is 1. The molecule has 0 saturated carbocycles. The summed E-state index contributed by atoms with van der Waals surface area (Å²) in [6, 6.07) is 5.30. The summed E-state index contributed by atoms with van der Waals surface area (Å²) in [5.41, 5.74) is -1.85. The van der Waals surface area contributed by atoms with Crippen molar-refractivity contribution in [1.29, 1.82) is 0 Å². The molecule has 0 spiro atoms. The monoisotopic (exact) mass is 627 g/mol. The van der Waals surface area contributed by atoms with Crippen LogP contribution >= 0.6 is 23.4 Å². The zero-order valence-corrected chi connectivity index (χ0v) is 25.4. The zero-order chi connectivity index (χ0) is 31.0. The minimum absolute atomic E-state index is 0.0186. The van der Waals surface area contributed by atoms with Crippen LogP contribution in [0.2, 0.25) is 5.02 Å². The maximum absolute atomic E-state index is 14.2. The Kier molecular flexibility index (Phi) is 9.34. The molecule has 42 heavy (non-hydrogen) atoms. The highest BCUT2D eigenvalue weighted by molar-refractivity contribution is 7.99. The van der Waals surface area contributed by atoms with Gasteiger partial charge in [-0.15, -0.1) is 11.8 Å². The van der Waals surface area contributed by atoms with E-state index in [1.807, 2.05) is 0 Å². The first kappa shape index (κ1) is 31.9. The van der Waals surface area contributed by atoms with Gasteiger partial charge in [0.25, 0.3) is 0 Å². The van der Waals surface area contributed by atoms with Gasteiger partial charge in [0.15, 0.2) is 0 Å². The molecule has 228 valence electrons. The molecule has 2 N–H and O–H groups in total. The number of amides is 1. The number of carbonyl (C=O) groups excluding carboxylic acids is 1. The summed E-state index contributed by atoms with van der Waals surface area (Å²) < 4.78 is 48.2. The molecule has 1 aliphatic heterocycles. The fourth-order valence-corrected chi connectivity index (χ4v) is 6.62. The van der Waals surface area contributed by atoms with Crippen molar-refractivity contribution in [3.63, 3.8) is 0 Å². The number of fused-ring (bicyclic) bond motifs is 1. The summed E-state index contributed by atoms with van der Waals surface area (Å²) in [6.45, 7) is 9.01. The van der Waals surface area contributed by atoms with Gasteiger partial charge in [0.1, 0.15) is 11.4 Å². The summed E-state index contributed by atoms with van der Waals surface area (Å²) >= 11 is 7.35. The third-order valence-electron chi connectivity index (χ3n) is 6.78. The van der Waals surface area contributed by atoms with Crippen LogP contribution in [0.15, 0.2) is 40.2 Å². The van der Waals surface area contributed by atoms with E-state index >= 15 is 0 Å². The topological polar surface area (TPSA) is 112 Å². The molecule has 1 aliphatic rings. The van der Waals surface area contributed by atoms with Gasteiger partial charge in [-0.05, 0) is 52.8 Å². The van der Waals surface area contributed by atoms with Crippen LogP contribution in [0, 0.1) is 0 Å². The number of carbonyl (C=O) groups is 1. The van der Waals surface area contributed by atoms with Crippen LogP contribution in [0.5, 0.6) is 0 Å². The van der Waals surface area contributed by atoms with Gasteiger partial charge in [-0.1, -0.05) is 17.7 Å². The predicted octanol–water partition coefficient (Wildman–Crippen LogP) is 5.69. The van der Waals surface area contributed by atoms with E-state index in [4.69, 9.17) is 16.3 Å². The lowest BCUT2D eigenvalue weighted by atomic mass is 10.1. The number of thioether (sulfide) groups is 1. The maximum atomic E-state index is 14.2. The number of hydrogen-bond acceptors (Lipinski definition) is 8. The lowest BCUT2D eigenvalue weighted by molar-refractivity contribution is -0.137. The second kappa shape index (κ2) is 12.3. The molecule has 0 bridgehead atoms. The molecule has 3 atom stereocenters. The van der Waals surface area contributed by atoms with E-state index in [1.54, 1.807) is 68.8 Å². The first-order chi connectivity index (χ1) is 19.6. The van der Waals surface area contributed by atoms with Crippen molar-refractivity contribution < 1.29 is 27.8 Å². The molecular formula is C28H33ClF3N5O4S. The van der Waals surface area contributed by atoms with Crippen LogP contribution in [0.25, 0.3) is 10.9 Å². The second-order valence-electron chi connectivity index (χ2n) is 11.3. The molecular weight excluding hydrogens is 595 g/mol. The highest BCUT2D eigenvalue weighted by Gasteiger charge is 2.39. The van der Waals surface area contributed by atoms with Crippen molar-refractivity contribution in [3.8, 4) is 0 Å². The number of pyridine rings is 1. The van der Waals surface area contributed by atoms with Crippen LogP contribution in [0.4, 0.5) is 23.8 Å². The number of ether oxygens (including phenoxy) is 1. The van der Waals surface area contributed by atoms with E-state index in [2.05, 4.69) is 15.0 Å². The number of aliphatic hydroxyl groups excluding tert-OH is 1. The summed E-state index contributed by atoms with van der Waals surface area (Å²) in [4.78, 5) is 39.9. The van der Waals surface area contributed by atoms with Gasteiger partial charge in [0.2, 0.25) is 0 Å². The number of halogens is 4. The number of H-pyrrole nitrogens is 1. The molecule has 14 heteroatoms. The van der Waals surface area contributed by atoms with Crippen molar-refractivity contribution in [2.45, 2.75) is 69.3 Å². The molecule has 0 radical (unpaired) electrons. The average molecular weight is 628 g/mol. The van der Waals surface area contributed by atoms with Crippen molar-refractivity contribution >= 4 is 46.2 Å². The van der Waals surface area contributed by atoms with Crippen LogP contribution in [0.1, 0.15) is 51.8 Å². The summed E-state index contributed by atoms with van der Waals surface area (Å²) in [5, 5.41) is 9.49. The van der Waals surface area contributed by atoms with Gasteiger partial charge in [0.05, 0.1) is 39.7 Å². The van der Waals surface area contributed by atoms with E-state index in [0.717, 1.165) is 17.8 Å². The van der Waals surface area contributed by atoms with Gasteiger partial charge in [-0.3, -0.25) is 9.88 Å². The number of anilines is 1. The molecule has 0 aliphatic carbocycles. The molecule has 1 saturated heterocycles. The van der Waals surface area contributed by atoms with E-state index in [0.29, 0.717) is 5.69 Å². The molecule has 1 unspecified atom stereocenters. The first-order valence-electron chi connectivity index (χ1n) is 13.3. The van der Waals surface area contributed by atoms with Crippen LogP contribution in [0.3, 0.4) is 0 Å². The normalized spacial score (nSPS) is 18.8. The van der Waals surface area contributed by atoms with Gasteiger partial charge < -0.3 is 19.7 Å². The number of hydrogen-bond donors (Lipinski definition) is 2. The number of rotatable bonds is 6. The molecule has 3 heterocycles. The third kappa shape index (κ3) is 6.95. The van der Waals surface area contributed by atoms with Crippen LogP contribution in [-0.2, 0) is 10.9 Å². The predicted molar refractivity (Wildman–Crippen MR) is 156 cm³/mol. The van der Waals surface area contributed by atoms with Gasteiger partial charge in [0, 0.05) is 42.0 Å². The molecule has 2 aromatic heterocycles. The lowest BCUT2D eigenvalue weighted by Gasteiger charge is -2.45. The maximum Gasteiger partial charge on any atom is 0.417 e. The van der Waals surface area contributed by atoms with Crippen molar-refractivity contribution in [1.82, 2.24) is 19.9 Å². The smallest absolute Gasteiger partial charge is 0.417 e. The number of alkyl halides is 3. The largest absolute Gasteiger partial charge is 0.444 e. The van der Waals surface area contributed by atoms with E-state index in [1.165, 1.54) is 0 Å². The Hall–Kier alpha value is -3.03. The quantitative estimate of drug-likeness (QED) is 0.335. The van der Waals surface area contributed by atoms with E-state index in [9.17, 15) is 27.9 Å². The minimum Gasteiger partial charge on any atom is -0.444 e. The number of aromatic nitrogens is 3. The fourth-order valence-electron chi connectivity index (χ4n) is 5.01. The van der Waals surface area contributed by atoms with Gasteiger partial charge in [-0.2, -0.15) is 18.2 Å². The molecule has 1 fully saturated rings. The van der Waals surface area contributed by atoms with E-state index in [-0.39, 0.29) is 47.1 Å². The number of benzene rings is 1. The Labute approximate surface area is 250 Å². The molecule has 9 nitrogen and oxygen atoms in total. The average Bonchev–Trinajstić information content (AvgIpc) is 2.88. The fraction of sp³-hybridized carbons (Fsp3) is 0.500. The Morgan fingerprint density at radius 1 is 1.24 bits per heavy atom. The Morgan fingerprint density at radius 3 is 2.45 bits per heavy atom. The Bertz CT molecular complexity index is 1490.